The van der Waals surface area contributed by atoms with Crippen LogP contribution in [0.2, 0.25) is 0 Å². The van der Waals surface area contributed by atoms with Crippen LogP contribution < -0.4 is 32.3 Å². The van der Waals surface area contributed by atoms with E-state index in [1.807, 2.05) is 44.2 Å². The first-order valence-corrected chi connectivity index (χ1v) is 16.5. The number of urea groups is 1. The molecule has 0 saturated heterocycles. The number of amides is 5. The van der Waals surface area contributed by atoms with E-state index in [2.05, 4.69) is 33.5 Å². The summed E-state index contributed by atoms with van der Waals surface area (Å²) < 4.78 is 5.21. The topological polar surface area (TPSA) is 201 Å². The molecule has 1 aliphatic rings. The molecule has 0 aliphatic heterocycles. The normalized spacial score (nSPS) is 18.0. The molecule has 1 aromatic rings. The molecule has 0 heterocycles. The number of nitrogens with two attached hydrogens (primary N) is 1. The fourth-order valence-electron chi connectivity index (χ4n) is 5.46. The highest BCUT2D eigenvalue weighted by molar-refractivity contribution is 5.92. The molecule has 46 heavy (non-hydrogen) atoms. The Labute approximate surface area is 272 Å². The van der Waals surface area contributed by atoms with Crippen molar-refractivity contribution < 1.29 is 33.8 Å². The first-order valence-electron chi connectivity index (χ1n) is 16.5. The number of unbranched alkanes of at least 4 members (excludes halogenated alkanes) is 2. The van der Waals surface area contributed by atoms with Gasteiger partial charge in [-0.2, -0.15) is 0 Å². The fourth-order valence-corrected chi connectivity index (χ4v) is 5.46. The molecular weight excluding hydrogens is 592 g/mol. The standard InChI is InChI=1S/C33H54N6O7/c1-22(2)28(30(41)36-25-15-11-12-23(3)20-25)39-29(40)26(37-32(44)38-27(31(42)43)17-7-9-18-34)16-8-10-19-35-33(45)46-21-24-13-5-4-6-14-24/h4-6,13-14,22-23,25-28H,7-12,15-21,34H2,1-3H3,(H,35,45)(H,36,41)(H,39,40)(H,42,43)(H2,37,38,44)/t23?,25-,26?,27+,28+/m1/s1. The Kier molecular flexibility index (Phi) is 17.5. The minimum absolute atomic E-state index is 0.0493. The molecule has 5 amide bonds. The summed E-state index contributed by atoms with van der Waals surface area (Å²) >= 11 is 0. The molecule has 1 aromatic carbocycles. The zero-order valence-corrected chi connectivity index (χ0v) is 27.5. The van der Waals surface area contributed by atoms with Crippen molar-refractivity contribution in [3.63, 3.8) is 0 Å². The van der Waals surface area contributed by atoms with Crippen molar-refractivity contribution >= 4 is 29.9 Å². The van der Waals surface area contributed by atoms with Crippen LogP contribution in [0.5, 0.6) is 0 Å². The SMILES string of the molecule is CC1CCC[C@@H](NC(=O)[C@@H](NC(=O)C(CCCCNC(=O)OCc2ccccc2)NC(=O)N[C@@H](CCCCN)C(=O)O)C(C)C)C1. The maximum atomic E-state index is 13.5. The molecule has 5 atom stereocenters. The maximum Gasteiger partial charge on any atom is 0.407 e. The van der Waals surface area contributed by atoms with E-state index in [0.29, 0.717) is 38.1 Å². The Bertz CT molecular complexity index is 1100. The number of hydrogen-bond donors (Lipinski definition) is 7. The number of rotatable bonds is 19. The molecule has 0 bridgehead atoms. The van der Waals surface area contributed by atoms with E-state index >= 15 is 0 Å². The summed E-state index contributed by atoms with van der Waals surface area (Å²) in [5.41, 5.74) is 6.37. The minimum atomic E-state index is -1.19. The highest BCUT2D eigenvalue weighted by atomic mass is 16.5. The van der Waals surface area contributed by atoms with E-state index < -0.39 is 42.1 Å². The van der Waals surface area contributed by atoms with E-state index in [1.54, 1.807) is 0 Å². The quantitative estimate of drug-likeness (QED) is 0.111. The summed E-state index contributed by atoms with van der Waals surface area (Å²) in [5.74, 6) is -1.71. The van der Waals surface area contributed by atoms with Crippen molar-refractivity contribution in [3.8, 4) is 0 Å². The lowest BCUT2D eigenvalue weighted by Gasteiger charge is -2.31. The Balaban J connectivity index is 1.99. The monoisotopic (exact) mass is 646 g/mol. The van der Waals surface area contributed by atoms with E-state index in [1.165, 1.54) is 0 Å². The van der Waals surface area contributed by atoms with E-state index in [4.69, 9.17) is 10.5 Å². The summed E-state index contributed by atoms with van der Waals surface area (Å²) in [4.78, 5) is 63.4. The number of aliphatic carboxylic acids is 1. The number of carboxylic acids is 1. The first-order chi connectivity index (χ1) is 22.0. The maximum absolute atomic E-state index is 13.5. The zero-order chi connectivity index (χ0) is 33.9. The van der Waals surface area contributed by atoms with Crippen LogP contribution in [0.1, 0.15) is 90.5 Å². The van der Waals surface area contributed by atoms with Crippen molar-refractivity contribution in [1.82, 2.24) is 26.6 Å². The number of carboxylic acid groups (broad SMARTS) is 1. The predicted octanol–water partition coefficient (Wildman–Crippen LogP) is 3.17. The Morgan fingerprint density at radius 3 is 2.24 bits per heavy atom. The van der Waals surface area contributed by atoms with Crippen molar-refractivity contribution in [2.75, 3.05) is 13.1 Å². The third-order valence-corrected chi connectivity index (χ3v) is 8.10. The second-order valence-electron chi connectivity index (χ2n) is 12.5. The van der Waals surface area contributed by atoms with Gasteiger partial charge in [-0.3, -0.25) is 9.59 Å². The van der Waals surface area contributed by atoms with Gasteiger partial charge in [0.1, 0.15) is 24.7 Å². The van der Waals surface area contributed by atoms with Crippen LogP contribution in [-0.4, -0.2) is 72.3 Å². The van der Waals surface area contributed by atoms with Crippen molar-refractivity contribution in [3.05, 3.63) is 35.9 Å². The second-order valence-corrected chi connectivity index (χ2v) is 12.5. The molecule has 1 aliphatic carbocycles. The van der Waals surface area contributed by atoms with Gasteiger partial charge in [-0.05, 0) is 75.3 Å². The molecule has 258 valence electrons. The van der Waals surface area contributed by atoms with Gasteiger partial charge >= 0.3 is 18.1 Å². The summed E-state index contributed by atoms with van der Waals surface area (Å²) in [6.45, 7) is 6.67. The van der Waals surface area contributed by atoms with Crippen molar-refractivity contribution in [1.29, 1.82) is 0 Å². The Morgan fingerprint density at radius 1 is 0.913 bits per heavy atom. The van der Waals surface area contributed by atoms with Gasteiger partial charge in [0.05, 0.1) is 0 Å². The van der Waals surface area contributed by atoms with Crippen LogP contribution in [0.4, 0.5) is 9.59 Å². The van der Waals surface area contributed by atoms with Gasteiger partial charge in [-0.25, -0.2) is 14.4 Å². The number of ether oxygens (including phenoxy) is 1. The molecule has 0 spiro atoms. The molecular formula is C33H54N6O7. The molecule has 2 unspecified atom stereocenters. The highest BCUT2D eigenvalue weighted by Crippen LogP contribution is 2.23. The molecule has 13 heteroatoms. The molecule has 1 fully saturated rings. The minimum Gasteiger partial charge on any atom is -0.480 e. The summed E-state index contributed by atoms with van der Waals surface area (Å²) in [6.07, 6.45) is 5.82. The highest BCUT2D eigenvalue weighted by Gasteiger charge is 2.31. The van der Waals surface area contributed by atoms with Crippen LogP contribution in [-0.2, 0) is 25.7 Å². The number of alkyl carbamates (subject to hydrolysis) is 1. The Hall–Kier alpha value is -3.87. The average molecular weight is 647 g/mol. The van der Waals surface area contributed by atoms with Crippen LogP contribution in [0.3, 0.4) is 0 Å². The van der Waals surface area contributed by atoms with Crippen LogP contribution in [0, 0.1) is 11.8 Å². The van der Waals surface area contributed by atoms with E-state index in [0.717, 1.165) is 31.2 Å². The van der Waals surface area contributed by atoms with E-state index in [9.17, 15) is 29.1 Å². The molecule has 2 rings (SSSR count). The number of benzene rings is 1. The number of hydrogen-bond acceptors (Lipinski definition) is 7. The number of carbonyl (C=O) groups is 5. The third-order valence-electron chi connectivity index (χ3n) is 8.10. The van der Waals surface area contributed by atoms with Crippen LogP contribution in [0.25, 0.3) is 0 Å². The van der Waals surface area contributed by atoms with Crippen LogP contribution >= 0.6 is 0 Å². The molecule has 0 aromatic heterocycles. The van der Waals surface area contributed by atoms with E-state index in [-0.39, 0.29) is 43.9 Å². The van der Waals surface area contributed by atoms with Gasteiger partial charge in [0, 0.05) is 12.6 Å². The lowest BCUT2D eigenvalue weighted by atomic mass is 9.87. The Morgan fingerprint density at radius 2 is 1.59 bits per heavy atom. The number of nitrogens with one attached hydrogen (secondary N) is 5. The third kappa shape index (κ3) is 14.9. The first kappa shape index (κ1) is 38.3. The summed E-state index contributed by atoms with van der Waals surface area (Å²) in [5, 5.41) is 23.2. The molecule has 1 saturated carbocycles. The van der Waals surface area contributed by atoms with Gasteiger partial charge in [0.15, 0.2) is 0 Å². The fraction of sp³-hybridized carbons (Fsp3) is 0.667. The largest absolute Gasteiger partial charge is 0.480 e. The predicted molar refractivity (Wildman–Crippen MR) is 175 cm³/mol. The molecule has 8 N–H and O–H groups in total. The van der Waals surface area contributed by atoms with Gasteiger partial charge in [-0.15, -0.1) is 0 Å². The average Bonchev–Trinajstić information content (AvgIpc) is 3.01. The zero-order valence-electron chi connectivity index (χ0n) is 27.5. The van der Waals surface area contributed by atoms with Gasteiger partial charge in [0.25, 0.3) is 0 Å². The molecule has 13 nitrogen and oxygen atoms in total. The van der Waals surface area contributed by atoms with Gasteiger partial charge in [0.2, 0.25) is 11.8 Å². The van der Waals surface area contributed by atoms with Crippen molar-refractivity contribution in [2.45, 2.75) is 116 Å². The summed E-state index contributed by atoms with van der Waals surface area (Å²) in [6, 6.07) is 5.52. The number of carbonyl (C=O) groups excluding carboxylic acids is 4. The van der Waals surface area contributed by atoms with Gasteiger partial charge in [-0.1, -0.05) is 63.9 Å². The second kappa shape index (κ2) is 21.0. The molecule has 0 radical (unpaired) electrons. The summed E-state index contributed by atoms with van der Waals surface area (Å²) in [7, 11) is 0. The van der Waals surface area contributed by atoms with Gasteiger partial charge < -0.3 is 42.2 Å². The smallest absolute Gasteiger partial charge is 0.407 e. The lowest BCUT2D eigenvalue weighted by Crippen LogP contribution is -2.58. The van der Waals surface area contributed by atoms with Crippen molar-refractivity contribution in [2.24, 2.45) is 17.6 Å². The lowest BCUT2D eigenvalue weighted by molar-refractivity contribution is -0.139. The van der Waals surface area contributed by atoms with Crippen LogP contribution in [0.15, 0.2) is 30.3 Å².